The molecule has 3 rings (SSSR count). The lowest BCUT2D eigenvalue weighted by molar-refractivity contribution is 0.305. The molecule has 0 saturated carbocycles. The summed E-state index contributed by atoms with van der Waals surface area (Å²) in [7, 11) is 0. The van der Waals surface area contributed by atoms with Crippen LogP contribution in [0.3, 0.4) is 0 Å². The maximum Gasteiger partial charge on any atom is 0.130 e. The second kappa shape index (κ2) is 5.29. The molecular formula is C16H12ClNO. The first-order chi connectivity index (χ1) is 9.33. The van der Waals surface area contributed by atoms with Crippen LogP contribution in [0.15, 0.2) is 60.7 Å². The standard InChI is InChI=1S/C16H12ClNO/c17-16-10-4-7-13(18-16)11-19-15-9-3-6-12-5-1-2-8-14(12)15/h1-10H,11H2. The number of nitrogens with zero attached hydrogens (tertiary/aromatic N) is 1. The Morgan fingerprint density at radius 2 is 1.68 bits per heavy atom. The molecule has 0 unspecified atom stereocenters. The summed E-state index contributed by atoms with van der Waals surface area (Å²) in [5.41, 5.74) is 0.820. The van der Waals surface area contributed by atoms with Gasteiger partial charge in [-0.3, -0.25) is 0 Å². The van der Waals surface area contributed by atoms with E-state index >= 15 is 0 Å². The quantitative estimate of drug-likeness (QED) is 0.655. The van der Waals surface area contributed by atoms with Crippen LogP contribution >= 0.6 is 11.6 Å². The fourth-order valence-electron chi connectivity index (χ4n) is 2.00. The minimum absolute atomic E-state index is 0.411. The molecular weight excluding hydrogens is 258 g/mol. The number of pyridine rings is 1. The van der Waals surface area contributed by atoms with Crippen molar-refractivity contribution in [3.63, 3.8) is 0 Å². The summed E-state index contributed by atoms with van der Waals surface area (Å²) < 4.78 is 5.84. The Labute approximate surface area is 116 Å². The van der Waals surface area contributed by atoms with Gasteiger partial charge in [0.2, 0.25) is 0 Å². The highest BCUT2D eigenvalue weighted by Crippen LogP contribution is 2.25. The van der Waals surface area contributed by atoms with Crippen LogP contribution < -0.4 is 4.74 Å². The van der Waals surface area contributed by atoms with Gasteiger partial charge in [0.1, 0.15) is 17.5 Å². The van der Waals surface area contributed by atoms with Crippen molar-refractivity contribution >= 4 is 22.4 Å². The third kappa shape index (κ3) is 2.69. The van der Waals surface area contributed by atoms with Crippen molar-refractivity contribution in [3.05, 3.63) is 71.5 Å². The molecule has 19 heavy (non-hydrogen) atoms. The summed E-state index contributed by atoms with van der Waals surface area (Å²) >= 11 is 5.85. The fraction of sp³-hybridized carbons (Fsp3) is 0.0625. The Morgan fingerprint density at radius 1 is 0.895 bits per heavy atom. The second-order valence-electron chi connectivity index (χ2n) is 4.22. The van der Waals surface area contributed by atoms with Gasteiger partial charge < -0.3 is 4.74 Å². The first-order valence-electron chi connectivity index (χ1n) is 6.05. The van der Waals surface area contributed by atoms with Crippen LogP contribution in [0.1, 0.15) is 5.69 Å². The van der Waals surface area contributed by atoms with Crippen molar-refractivity contribution in [1.82, 2.24) is 4.98 Å². The Bertz CT molecular complexity index is 706. The smallest absolute Gasteiger partial charge is 0.130 e. The predicted octanol–water partition coefficient (Wildman–Crippen LogP) is 4.47. The molecule has 0 atom stereocenters. The molecule has 3 aromatic rings. The highest BCUT2D eigenvalue weighted by molar-refractivity contribution is 6.29. The number of hydrogen-bond donors (Lipinski definition) is 0. The number of halogens is 1. The normalized spacial score (nSPS) is 10.6. The van der Waals surface area contributed by atoms with Crippen molar-refractivity contribution in [1.29, 1.82) is 0 Å². The van der Waals surface area contributed by atoms with Gasteiger partial charge in [0, 0.05) is 5.39 Å². The molecule has 0 saturated heterocycles. The Morgan fingerprint density at radius 3 is 2.58 bits per heavy atom. The molecule has 0 radical (unpaired) electrons. The first-order valence-corrected chi connectivity index (χ1v) is 6.43. The van der Waals surface area contributed by atoms with Gasteiger partial charge in [-0.2, -0.15) is 0 Å². The summed E-state index contributed by atoms with van der Waals surface area (Å²) in [6, 6.07) is 19.7. The van der Waals surface area contributed by atoms with E-state index in [1.54, 1.807) is 6.07 Å². The van der Waals surface area contributed by atoms with E-state index in [0.717, 1.165) is 16.8 Å². The molecule has 0 fully saturated rings. The van der Waals surface area contributed by atoms with Gasteiger partial charge in [-0.15, -0.1) is 0 Å². The number of fused-ring (bicyclic) bond motifs is 1. The van der Waals surface area contributed by atoms with Gasteiger partial charge in [0.15, 0.2) is 0 Å². The molecule has 1 heterocycles. The van der Waals surface area contributed by atoms with Gasteiger partial charge in [-0.1, -0.05) is 54.1 Å². The second-order valence-corrected chi connectivity index (χ2v) is 4.60. The van der Waals surface area contributed by atoms with E-state index in [1.807, 2.05) is 36.4 Å². The van der Waals surface area contributed by atoms with Gasteiger partial charge >= 0.3 is 0 Å². The van der Waals surface area contributed by atoms with E-state index in [1.165, 1.54) is 5.39 Å². The van der Waals surface area contributed by atoms with Crippen molar-refractivity contribution in [2.24, 2.45) is 0 Å². The molecule has 2 nitrogen and oxygen atoms in total. The van der Waals surface area contributed by atoms with Crippen LogP contribution in [0, 0.1) is 0 Å². The topological polar surface area (TPSA) is 22.1 Å². The molecule has 0 aliphatic rings. The monoisotopic (exact) mass is 269 g/mol. The maximum absolute atomic E-state index is 5.85. The minimum atomic E-state index is 0.411. The summed E-state index contributed by atoms with van der Waals surface area (Å²) in [6.07, 6.45) is 0. The molecule has 0 aliphatic heterocycles. The Hall–Kier alpha value is -2.06. The lowest BCUT2D eigenvalue weighted by Crippen LogP contribution is -1.98. The zero-order valence-corrected chi connectivity index (χ0v) is 11.0. The van der Waals surface area contributed by atoms with Gasteiger partial charge in [-0.25, -0.2) is 4.98 Å². The lowest BCUT2D eigenvalue weighted by atomic mass is 10.1. The molecule has 94 valence electrons. The van der Waals surface area contributed by atoms with E-state index in [-0.39, 0.29) is 0 Å². The van der Waals surface area contributed by atoms with Crippen LogP contribution in [0.2, 0.25) is 5.15 Å². The highest BCUT2D eigenvalue weighted by Gasteiger charge is 2.02. The SMILES string of the molecule is Clc1cccc(COc2cccc3ccccc23)n1. The Kier molecular flexibility index (Phi) is 3.34. The fourth-order valence-corrected chi connectivity index (χ4v) is 2.19. The molecule has 3 heteroatoms. The predicted molar refractivity (Wildman–Crippen MR) is 77.5 cm³/mol. The van der Waals surface area contributed by atoms with E-state index in [9.17, 15) is 0 Å². The zero-order chi connectivity index (χ0) is 13.1. The average Bonchev–Trinajstić information content (AvgIpc) is 2.45. The number of aromatic nitrogens is 1. The van der Waals surface area contributed by atoms with Crippen molar-refractivity contribution in [2.45, 2.75) is 6.61 Å². The van der Waals surface area contributed by atoms with Crippen LogP contribution in [0.25, 0.3) is 10.8 Å². The van der Waals surface area contributed by atoms with Crippen LogP contribution in [-0.2, 0) is 6.61 Å². The van der Waals surface area contributed by atoms with E-state index in [4.69, 9.17) is 16.3 Å². The largest absolute Gasteiger partial charge is 0.487 e. The van der Waals surface area contributed by atoms with Crippen LogP contribution in [0.5, 0.6) is 5.75 Å². The van der Waals surface area contributed by atoms with Gasteiger partial charge in [0.25, 0.3) is 0 Å². The lowest BCUT2D eigenvalue weighted by Gasteiger charge is -2.09. The molecule has 1 aromatic heterocycles. The molecule has 0 N–H and O–H groups in total. The molecule has 0 bridgehead atoms. The molecule has 0 aliphatic carbocycles. The Balaban J connectivity index is 1.86. The van der Waals surface area contributed by atoms with Gasteiger partial charge in [0.05, 0.1) is 5.69 Å². The first kappa shape index (κ1) is 12.0. The van der Waals surface area contributed by atoms with Gasteiger partial charge in [-0.05, 0) is 23.6 Å². The number of ether oxygens (including phenoxy) is 1. The number of benzene rings is 2. The van der Waals surface area contributed by atoms with Crippen molar-refractivity contribution in [3.8, 4) is 5.75 Å². The minimum Gasteiger partial charge on any atom is -0.487 e. The van der Waals surface area contributed by atoms with E-state index < -0.39 is 0 Å². The van der Waals surface area contributed by atoms with E-state index in [0.29, 0.717) is 11.8 Å². The summed E-state index contributed by atoms with van der Waals surface area (Å²) in [5, 5.41) is 2.75. The van der Waals surface area contributed by atoms with Crippen molar-refractivity contribution < 1.29 is 4.74 Å². The van der Waals surface area contributed by atoms with Crippen LogP contribution in [-0.4, -0.2) is 4.98 Å². The van der Waals surface area contributed by atoms with Crippen LogP contribution in [0.4, 0.5) is 0 Å². The summed E-state index contributed by atoms with van der Waals surface area (Å²) in [6.45, 7) is 0.411. The maximum atomic E-state index is 5.85. The zero-order valence-electron chi connectivity index (χ0n) is 10.2. The highest BCUT2D eigenvalue weighted by atomic mass is 35.5. The third-order valence-electron chi connectivity index (χ3n) is 2.90. The molecule has 0 spiro atoms. The van der Waals surface area contributed by atoms with Crippen molar-refractivity contribution in [2.75, 3.05) is 0 Å². The summed E-state index contributed by atoms with van der Waals surface area (Å²) in [5.74, 6) is 0.861. The number of hydrogen-bond acceptors (Lipinski definition) is 2. The number of rotatable bonds is 3. The third-order valence-corrected chi connectivity index (χ3v) is 3.11. The van der Waals surface area contributed by atoms with E-state index in [2.05, 4.69) is 23.2 Å². The average molecular weight is 270 g/mol. The molecule has 2 aromatic carbocycles. The summed E-state index contributed by atoms with van der Waals surface area (Å²) in [4.78, 5) is 4.21. The molecule has 0 amide bonds.